The number of phenols is 2. The summed E-state index contributed by atoms with van der Waals surface area (Å²) in [7, 11) is 0. The maximum Gasteiger partial charge on any atom is 0.339 e. The van der Waals surface area contributed by atoms with E-state index >= 15 is 0 Å². The zero-order valence-electron chi connectivity index (χ0n) is 9.04. The first-order chi connectivity index (χ1) is 7.41. The van der Waals surface area contributed by atoms with Crippen molar-refractivity contribution in [3.05, 3.63) is 21.7 Å². The van der Waals surface area contributed by atoms with Gasteiger partial charge in [-0.25, -0.2) is 4.79 Å². The summed E-state index contributed by atoms with van der Waals surface area (Å²) in [5.74, 6) is -2.38. The van der Waals surface area contributed by atoms with Crippen LogP contribution in [0.4, 0.5) is 0 Å². The Hall–Kier alpha value is -1.42. The molecule has 0 saturated heterocycles. The van der Waals surface area contributed by atoms with E-state index in [1.807, 2.05) is 6.92 Å². The summed E-state index contributed by atoms with van der Waals surface area (Å²) in [5.41, 5.74) is 0.354. The van der Waals surface area contributed by atoms with Gasteiger partial charge in [0.15, 0.2) is 11.5 Å². The zero-order chi connectivity index (χ0) is 12.5. The molecular formula is C11H13ClO4. The Bertz CT molecular complexity index is 440. The van der Waals surface area contributed by atoms with Crippen LogP contribution in [0.2, 0.25) is 5.02 Å². The van der Waals surface area contributed by atoms with E-state index in [4.69, 9.17) is 16.7 Å². The van der Waals surface area contributed by atoms with Crippen molar-refractivity contribution in [2.75, 3.05) is 0 Å². The van der Waals surface area contributed by atoms with Gasteiger partial charge in [0.25, 0.3) is 0 Å². The average Bonchev–Trinajstić information content (AvgIpc) is 2.23. The first kappa shape index (κ1) is 12.6. The third-order valence-corrected chi connectivity index (χ3v) is 2.94. The molecule has 1 rings (SSSR count). The van der Waals surface area contributed by atoms with Crippen molar-refractivity contribution in [2.45, 2.75) is 26.7 Å². The lowest BCUT2D eigenvalue weighted by Crippen LogP contribution is -2.05. The van der Waals surface area contributed by atoms with E-state index in [1.165, 1.54) is 6.92 Å². The molecule has 4 nitrogen and oxygen atoms in total. The Morgan fingerprint density at radius 1 is 1.31 bits per heavy atom. The second kappa shape index (κ2) is 4.61. The standard InChI is InChI=1S/C11H13ClO4/c1-3-4-6-7(11(15)16)10(14)9(13)5(2)8(6)12/h13-14H,3-4H2,1-2H3,(H,15,16). The van der Waals surface area contributed by atoms with Crippen LogP contribution in [0.15, 0.2) is 0 Å². The van der Waals surface area contributed by atoms with Crippen LogP contribution in [0.1, 0.15) is 34.8 Å². The van der Waals surface area contributed by atoms with Crippen molar-refractivity contribution in [1.29, 1.82) is 0 Å². The van der Waals surface area contributed by atoms with Gasteiger partial charge in [-0.3, -0.25) is 0 Å². The van der Waals surface area contributed by atoms with Crippen LogP contribution < -0.4 is 0 Å². The van der Waals surface area contributed by atoms with E-state index in [-0.39, 0.29) is 10.6 Å². The number of phenolic OH excluding ortho intramolecular Hbond substituents is 1. The maximum absolute atomic E-state index is 11.0. The van der Waals surface area contributed by atoms with E-state index < -0.39 is 17.5 Å². The van der Waals surface area contributed by atoms with Crippen molar-refractivity contribution in [3.63, 3.8) is 0 Å². The molecule has 0 bridgehead atoms. The third kappa shape index (κ3) is 1.93. The van der Waals surface area contributed by atoms with Crippen molar-refractivity contribution >= 4 is 17.6 Å². The van der Waals surface area contributed by atoms with Crippen LogP contribution in [0, 0.1) is 6.92 Å². The molecule has 0 aromatic heterocycles. The smallest absolute Gasteiger partial charge is 0.339 e. The fourth-order valence-corrected chi connectivity index (χ4v) is 1.87. The van der Waals surface area contributed by atoms with Gasteiger partial charge in [0.1, 0.15) is 5.56 Å². The number of carboxylic acid groups (broad SMARTS) is 1. The minimum Gasteiger partial charge on any atom is -0.504 e. The second-order valence-corrected chi connectivity index (χ2v) is 3.92. The summed E-state index contributed by atoms with van der Waals surface area (Å²) in [4.78, 5) is 11.0. The van der Waals surface area contributed by atoms with Gasteiger partial charge in [-0.2, -0.15) is 0 Å². The predicted molar refractivity (Wildman–Crippen MR) is 60.5 cm³/mol. The molecule has 0 fully saturated rings. The van der Waals surface area contributed by atoms with Gasteiger partial charge in [0, 0.05) is 5.56 Å². The quantitative estimate of drug-likeness (QED) is 0.715. The Morgan fingerprint density at radius 3 is 2.31 bits per heavy atom. The molecule has 1 aromatic rings. The monoisotopic (exact) mass is 244 g/mol. The topological polar surface area (TPSA) is 77.8 Å². The highest BCUT2D eigenvalue weighted by Gasteiger charge is 2.24. The van der Waals surface area contributed by atoms with Crippen LogP contribution >= 0.6 is 11.6 Å². The summed E-state index contributed by atoms with van der Waals surface area (Å²) in [6, 6.07) is 0. The maximum atomic E-state index is 11.0. The molecule has 0 aliphatic rings. The first-order valence-corrected chi connectivity index (χ1v) is 5.25. The minimum atomic E-state index is -1.29. The number of hydrogen-bond donors (Lipinski definition) is 3. The molecule has 0 aliphatic carbocycles. The van der Waals surface area contributed by atoms with Crippen molar-refractivity contribution < 1.29 is 20.1 Å². The average molecular weight is 245 g/mol. The van der Waals surface area contributed by atoms with Crippen LogP contribution in [0.5, 0.6) is 11.5 Å². The summed E-state index contributed by atoms with van der Waals surface area (Å²) in [6.07, 6.45) is 1.14. The van der Waals surface area contributed by atoms with E-state index in [0.29, 0.717) is 24.0 Å². The predicted octanol–water partition coefficient (Wildman–Crippen LogP) is 2.71. The second-order valence-electron chi connectivity index (χ2n) is 3.54. The van der Waals surface area contributed by atoms with Gasteiger partial charge in [0.05, 0.1) is 5.02 Å². The number of carbonyl (C=O) groups is 1. The third-order valence-electron chi connectivity index (χ3n) is 2.43. The van der Waals surface area contributed by atoms with Crippen molar-refractivity contribution in [2.24, 2.45) is 0 Å². The van der Waals surface area contributed by atoms with Crippen LogP contribution in [0.3, 0.4) is 0 Å². The molecule has 0 aliphatic heterocycles. The number of benzene rings is 1. The summed E-state index contributed by atoms with van der Waals surface area (Å²) < 4.78 is 0. The molecule has 3 N–H and O–H groups in total. The fourth-order valence-electron chi connectivity index (χ4n) is 1.59. The Labute approximate surface area is 98.1 Å². The molecule has 0 heterocycles. The highest BCUT2D eigenvalue weighted by molar-refractivity contribution is 6.33. The molecule has 88 valence electrons. The molecule has 16 heavy (non-hydrogen) atoms. The molecule has 0 saturated carbocycles. The zero-order valence-corrected chi connectivity index (χ0v) is 9.80. The van der Waals surface area contributed by atoms with Crippen LogP contribution in [0.25, 0.3) is 0 Å². The number of rotatable bonds is 3. The van der Waals surface area contributed by atoms with Gasteiger partial charge >= 0.3 is 5.97 Å². The van der Waals surface area contributed by atoms with Crippen molar-refractivity contribution in [3.8, 4) is 11.5 Å². The SMILES string of the molecule is CCCc1c(Cl)c(C)c(O)c(O)c1C(=O)O. The molecule has 0 atom stereocenters. The Morgan fingerprint density at radius 2 is 1.88 bits per heavy atom. The summed E-state index contributed by atoms with van der Waals surface area (Å²) >= 11 is 5.96. The molecule has 0 radical (unpaired) electrons. The van der Waals surface area contributed by atoms with E-state index in [1.54, 1.807) is 0 Å². The van der Waals surface area contributed by atoms with Crippen LogP contribution in [-0.4, -0.2) is 21.3 Å². The summed E-state index contributed by atoms with van der Waals surface area (Å²) in [5, 5.41) is 28.3. The van der Waals surface area contributed by atoms with E-state index in [9.17, 15) is 15.0 Å². The largest absolute Gasteiger partial charge is 0.504 e. The summed E-state index contributed by atoms with van der Waals surface area (Å²) in [6.45, 7) is 3.41. The van der Waals surface area contributed by atoms with Crippen molar-refractivity contribution in [1.82, 2.24) is 0 Å². The molecule has 0 amide bonds. The normalized spacial score (nSPS) is 10.4. The van der Waals surface area contributed by atoms with Gasteiger partial charge < -0.3 is 15.3 Å². The highest BCUT2D eigenvalue weighted by Crippen LogP contribution is 2.41. The molecule has 1 aromatic carbocycles. The van der Waals surface area contributed by atoms with Gasteiger partial charge in [-0.1, -0.05) is 24.9 Å². The van der Waals surface area contributed by atoms with Gasteiger partial charge in [-0.15, -0.1) is 0 Å². The van der Waals surface area contributed by atoms with Crippen LogP contribution in [-0.2, 0) is 6.42 Å². The van der Waals surface area contributed by atoms with Gasteiger partial charge in [-0.05, 0) is 18.9 Å². The van der Waals surface area contributed by atoms with E-state index in [2.05, 4.69) is 0 Å². The number of aromatic carboxylic acids is 1. The lowest BCUT2D eigenvalue weighted by atomic mass is 9.98. The number of halogens is 1. The Kier molecular flexibility index (Phi) is 3.65. The van der Waals surface area contributed by atoms with E-state index in [0.717, 1.165) is 0 Å². The number of hydrogen-bond acceptors (Lipinski definition) is 3. The lowest BCUT2D eigenvalue weighted by Gasteiger charge is -2.14. The number of aromatic hydroxyl groups is 2. The van der Waals surface area contributed by atoms with Gasteiger partial charge in [0.2, 0.25) is 0 Å². The molecule has 5 heteroatoms. The first-order valence-electron chi connectivity index (χ1n) is 4.87. The highest BCUT2D eigenvalue weighted by atomic mass is 35.5. The minimum absolute atomic E-state index is 0.203. The molecule has 0 spiro atoms. The lowest BCUT2D eigenvalue weighted by molar-refractivity contribution is 0.0691. The Balaban J connectivity index is 3.61. The molecular weight excluding hydrogens is 232 g/mol. The number of carboxylic acids is 1. The fraction of sp³-hybridized carbons (Fsp3) is 0.364. The molecule has 0 unspecified atom stereocenters.